The number of carbonyl (C=O) groups is 1. The predicted octanol–water partition coefficient (Wildman–Crippen LogP) is 2.43. The summed E-state index contributed by atoms with van der Waals surface area (Å²) in [5.74, 6) is -0.536. The van der Waals surface area contributed by atoms with Crippen molar-refractivity contribution in [2.45, 2.75) is 38.7 Å². The number of aromatic amines is 1. The number of amides is 1. The van der Waals surface area contributed by atoms with Crippen LogP contribution in [0.2, 0.25) is 0 Å². The van der Waals surface area contributed by atoms with Crippen LogP contribution in [0.4, 0.5) is 8.78 Å². The standard InChI is InChI=1S/C17H22F2N4O3S/c1-2-9-27(25,26)22-12-5-7-23(8-6-12)17(24)11-3-4-13-14(10-11)21-16(20-13)15(18)19/h3-4,10,12,15,22H,2,5-9H2,1H3,(H,20,21). The molecule has 2 heterocycles. The van der Waals surface area contributed by atoms with E-state index in [0.717, 1.165) is 0 Å². The molecule has 0 bridgehead atoms. The molecule has 1 aromatic carbocycles. The number of piperidine rings is 1. The topological polar surface area (TPSA) is 95.2 Å². The first-order valence-electron chi connectivity index (χ1n) is 8.86. The van der Waals surface area contributed by atoms with Crippen LogP contribution in [0, 0.1) is 0 Å². The molecule has 3 rings (SSSR count). The number of imidazole rings is 1. The van der Waals surface area contributed by atoms with E-state index in [4.69, 9.17) is 0 Å². The van der Waals surface area contributed by atoms with Gasteiger partial charge in [0.05, 0.1) is 16.8 Å². The Morgan fingerprint density at radius 1 is 1.37 bits per heavy atom. The fourth-order valence-electron chi connectivity index (χ4n) is 3.23. The second-order valence-electron chi connectivity index (χ2n) is 6.66. The van der Waals surface area contributed by atoms with Crippen LogP contribution in [0.1, 0.15) is 48.8 Å². The number of hydrogen-bond donors (Lipinski definition) is 2. The van der Waals surface area contributed by atoms with Crippen molar-refractivity contribution in [3.05, 3.63) is 29.6 Å². The van der Waals surface area contributed by atoms with E-state index in [1.165, 1.54) is 12.1 Å². The number of carbonyl (C=O) groups excluding carboxylic acids is 1. The molecule has 27 heavy (non-hydrogen) atoms. The van der Waals surface area contributed by atoms with Gasteiger partial charge in [-0.15, -0.1) is 0 Å². The van der Waals surface area contributed by atoms with Gasteiger partial charge in [0.15, 0.2) is 5.82 Å². The summed E-state index contributed by atoms with van der Waals surface area (Å²) in [6.07, 6.45) is -1.07. The Morgan fingerprint density at radius 2 is 2.07 bits per heavy atom. The highest BCUT2D eigenvalue weighted by Crippen LogP contribution is 2.22. The van der Waals surface area contributed by atoms with Crippen LogP contribution in [-0.4, -0.2) is 54.1 Å². The third-order valence-electron chi connectivity index (χ3n) is 4.56. The number of nitrogens with one attached hydrogen (secondary N) is 2. The largest absolute Gasteiger partial charge is 0.339 e. The molecule has 0 aliphatic carbocycles. The quantitative estimate of drug-likeness (QED) is 0.779. The number of alkyl halides is 2. The van der Waals surface area contributed by atoms with Gasteiger partial charge in [0.25, 0.3) is 12.3 Å². The van der Waals surface area contributed by atoms with Crippen molar-refractivity contribution >= 4 is 27.0 Å². The van der Waals surface area contributed by atoms with Gasteiger partial charge in [0, 0.05) is 24.7 Å². The number of aromatic nitrogens is 2. The highest BCUT2D eigenvalue weighted by atomic mass is 32.2. The maximum atomic E-state index is 12.7. The van der Waals surface area contributed by atoms with Crippen LogP contribution < -0.4 is 4.72 Å². The van der Waals surface area contributed by atoms with Crippen molar-refractivity contribution in [3.8, 4) is 0 Å². The average Bonchev–Trinajstić information content (AvgIpc) is 3.05. The van der Waals surface area contributed by atoms with E-state index in [1.54, 1.807) is 17.9 Å². The summed E-state index contributed by atoms with van der Waals surface area (Å²) in [4.78, 5) is 20.7. The summed E-state index contributed by atoms with van der Waals surface area (Å²) in [7, 11) is -3.28. The SMILES string of the molecule is CCCS(=O)(=O)NC1CCN(C(=O)c2ccc3nc(C(F)F)[nH]c3c2)CC1. The maximum absolute atomic E-state index is 12.7. The molecule has 148 valence electrons. The molecule has 1 saturated heterocycles. The van der Waals surface area contributed by atoms with Crippen molar-refractivity contribution in [1.29, 1.82) is 0 Å². The number of hydrogen-bond acceptors (Lipinski definition) is 4. The van der Waals surface area contributed by atoms with Gasteiger partial charge in [0.1, 0.15) is 0 Å². The van der Waals surface area contributed by atoms with Crippen molar-refractivity contribution in [3.63, 3.8) is 0 Å². The lowest BCUT2D eigenvalue weighted by atomic mass is 10.0. The Kier molecular flexibility index (Phi) is 5.75. The fourth-order valence-corrected chi connectivity index (χ4v) is 4.63. The molecule has 7 nitrogen and oxygen atoms in total. The van der Waals surface area contributed by atoms with Gasteiger partial charge in [-0.05, 0) is 37.5 Å². The van der Waals surface area contributed by atoms with E-state index in [-0.39, 0.29) is 17.7 Å². The molecule has 1 aliphatic rings. The third kappa shape index (κ3) is 4.62. The number of benzene rings is 1. The number of rotatable bonds is 6. The van der Waals surface area contributed by atoms with Crippen LogP contribution in [0.3, 0.4) is 0 Å². The van der Waals surface area contributed by atoms with E-state index in [9.17, 15) is 22.0 Å². The minimum atomic E-state index is -3.28. The summed E-state index contributed by atoms with van der Waals surface area (Å²) in [6, 6.07) is 4.45. The minimum Gasteiger partial charge on any atom is -0.339 e. The molecule has 2 N–H and O–H groups in total. The normalized spacial score (nSPS) is 16.4. The zero-order valence-corrected chi connectivity index (χ0v) is 15.7. The molecule has 0 saturated carbocycles. The Balaban J connectivity index is 1.64. The van der Waals surface area contributed by atoms with Crippen LogP contribution in [0.25, 0.3) is 11.0 Å². The summed E-state index contributed by atoms with van der Waals surface area (Å²) < 4.78 is 51.9. The van der Waals surface area contributed by atoms with Crippen LogP contribution in [0.5, 0.6) is 0 Å². The van der Waals surface area contributed by atoms with Crippen LogP contribution in [0.15, 0.2) is 18.2 Å². The molecule has 2 aromatic rings. The number of nitrogens with zero attached hydrogens (tertiary/aromatic N) is 2. The molecular formula is C17H22F2N4O3S. The van der Waals surface area contributed by atoms with Gasteiger partial charge >= 0.3 is 0 Å². The molecular weight excluding hydrogens is 378 g/mol. The minimum absolute atomic E-state index is 0.0942. The van der Waals surface area contributed by atoms with E-state index in [1.807, 2.05) is 0 Å². The summed E-state index contributed by atoms with van der Waals surface area (Å²) >= 11 is 0. The monoisotopic (exact) mass is 400 g/mol. The molecule has 1 aromatic heterocycles. The summed E-state index contributed by atoms with van der Waals surface area (Å²) in [5, 5.41) is 0. The lowest BCUT2D eigenvalue weighted by Crippen LogP contribution is -2.46. The van der Waals surface area contributed by atoms with E-state index < -0.39 is 22.3 Å². The number of sulfonamides is 1. The zero-order valence-electron chi connectivity index (χ0n) is 14.9. The molecule has 1 fully saturated rings. The zero-order chi connectivity index (χ0) is 19.6. The van der Waals surface area contributed by atoms with Gasteiger partial charge in [-0.2, -0.15) is 0 Å². The van der Waals surface area contributed by atoms with Crippen molar-refractivity contribution < 1.29 is 22.0 Å². The molecule has 0 atom stereocenters. The summed E-state index contributed by atoms with van der Waals surface area (Å²) in [5.41, 5.74) is 1.15. The van der Waals surface area contributed by atoms with Crippen LogP contribution >= 0.6 is 0 Å². The molecule has 10 heteroatoms. The van der Waals surface area contributed by atoms with Gasteiger partial charge in [0.2, 0.25) is 10.0 Å². The van der Waals surface area contributed by atoms with Gasteiger partial charge in [-0.3, -0.25) is 4.79 Å². The Labute approximate surface area is 156 Å². The van der Waals surface area contributed by atoms with Crippen LogP contribution in [-0.2, 0) is 10.0 Å². The smallest absolute Gasteiger partial charge is 0.295 e. The second-order valence-corrected chi connectivity index (χ2v) is 8.53. The second kappa shape index (κ2) is 7.89. The maximum Gasteiger partial charge on any atom is 0.295 e. The number of likely N-dealkylation sites (tertiary alicyclic amines) is 1. The number of halogens is 2. The third-order valence-corrected chi connectivity index (χ3v) is 6.19. The highest BCUT2D eigenvalue weighted by Gasteiger charge is 2.26. The number of H-pyrrole nitrogens is 1. The molecule has 0 radical (unpaired) electrons. The Bertz CT molecular complexity index is 921. The first kappa shape index (κ1) is 19.7. The molecule has 1 amide bonds. The van der Waals surface area contributed by atoms with Gasteiger partial charge < -0.3 is 9.88 Å². The first-order valence-corrected chi connectivity index (χ1v) is 10.5. The van der Waals surface area contributed by atoms with E-state index in [2.05, 4.69) is 14.7 Å². The Hall–Kier alpha value is -2.07. The number of fused-ring (bicyclic) bond motifs is 1. The van der Waals surface area contributed by atoms with E-state index >= 15 is 0 Å². The molecule has 0 spiro atoms. The van der Waals surface area contributed by atoms with Gasteiger partial charge in [-0.25, -0.2) is 26.9 Å². The Morgan fingerprint density at radius 3 is 2.70 bits per heavy atom. The van der Waals surface area contributed by atoms with Crippen molar-refractivity contribution in [2.24, 2.45) is 0 Å². The first-order chi connectivity index (χ1) is 12.8. The van der Waals surface area contributed by atoms with Crippen molar-refractivity contribution in [2.75, 3.05) is 18.8 Å². The van der Waals surface area contributed by atoms with Crippen molar-refractivity contribution in [1.82, 2.24) is 19.6 Å². The predicted molar refractivity (Wildman–Crippen MR) is 97.2 cm³/mol. The van der Waals surface area contributed by atoms with E-state index in [0.29, 0.717) is 48.9 Å². The lowest BCUT2D eigenvalue weighted by Gasteiger charge is -2.32. The fraction of sp³-hybridized carbons (Fsp3) is 0.529. The average molecular weight is 400 g/mol. The summed E-state index contributed by atoms with van der Waals surface area (Å²) in [6.45, 7) is 2.67. The lowest BCUT2D eigenvalue weighted by molar-refractivity contribution is 0.0711. The van der Waals surface area contributed by atoms with Gasteiger partial charge in [-0.1, -0.05) is 6.92 Å². The molecule has 1 aliphatic heterocycles. The highest BCUT2D eigenvalue weighted by molar-refractivity contribution is 7.89. The molecule has 0 unspecified atom stereocenters.